The van der Waals surface area contributed by atoms with Gasteiger partial charge in [0.05, 0.1) is 6.10 Å². The largest absolute Gasteiger partial charge is 0.462 e. The van der Waals surface area contributed by atoms with Crippen LogP contribution < -0.4 is 5.32 Å². The van der Waals surface area contributed by atoms with Crippen LogP contribution in [0.15, 0.2) is 0 Å². The topological polar surface area (TPSA) is 38.3 Å². The Bertz CT molecular complexity index is 157. The van der Waals surface area contributed by atoms with Crippen LogP contribution in [0.3, 0.4) is 0 Å². The lowest BCUT2D eigenvalue weighted by Crippen LogP contribution is -2.40. The SMILES string of the molecule is CC[C@H](C)OC(=O)[C@H](C)NC(C)C. The van der Waals surface area contributed by atoms with E-state index < -0.39 is 0 Å². The molecule has 0 rings (SSSR count). The molecular weight excluding hydrogens is 166 g/mol. The van der Waals surface area contributed by atoms with Gasteiger partial charge in [0.2, 0.25) is 0 Å². The molecule has 78 valence electrons. The van der Waals surface area contributed by atoms with E-state index in [1.807, 2.05) is 34.6 Å². The molecule has 0 aromatic rings. The number of rotatable bonds is 5. The number of carbonyl (C=O) groups is 1. The van der Waals surface area contributed by atoms with Crippen LogP contribution in [0.25, 0.3) is 0 Å². The fourth-order valence-corrected chi connectivity index (χ4v) is 0.952. The zero-order chi connectivity index (χ0) is 10.4. The minimum Gasteiger partial charge on any atom is -0.462 e. The average molecular weight is 187 g/mol. The molecule has 3 heteroatoms. The predicted octanol–water partition coefficient (Wildman–Crippen LogP) is 1.71. The molecule has 0 aliphatic heterocycles. The second-order valence-corrected chi connectivity index (χ2v) is 3.70. The summed E-state index contributed by atoms with van der Waals surface area (Å²) < 4.78 is 5.16. The van der Waals surface area contributed by atoms with Crippen LogP contribution >= 0.6 is 0 Å². The predicted molar refractivity (Wildman–Crippen MR) is 53.6 cm³/mol. The first-order valence-corrected chi connectivity index (χ1v) is 4.93. The first-order chi connectivity index (χ1) is 5.97. The molecule has 0 aromatic heterocycles. The molecule has 0 aliphatic carbocycles. The summed E-state index contributed by atoms with van der Waals surface area (Å²) in [6.07, 6.45) is 0.879. The zero-order valence-corrected chi connectivity index (χ0v) is 9.26. The third-order valence-corrected chi connectivity index (χ3v) is 1.83. The highest BCUT2D eigenvalue weighted by Crippen LogP contribution is 1.99. The zero-order valence-electron chi connectivity index (χ0n) is 9.26. The number of hydrogen-bond acceptors (Lipinski definition) is 3. The Hall–Kier alpha value is -0.570. The third-order valence-electron chi connectivity index (χ3n) is 1.83. The molecule has 0 heterocycles. The fourth-order valence-electron chi connectivity index (χ4n) is 0.952. The van der Waals surface area contributed by atoms with Crippen LogP contribution in [0, 0.1) is 0 Å². The smallest absolute Gasteiger partial charge is 0.323 e. The summed E-state index contributed by atoms with van der Waals surface area (Å²) >= 11 is 0. The molecule has 0 bridgehead atoms. The second kappa shape index (κ2) is 5.97. The van der Waals surface area contributed by atoms with Gasteiger partial charge in [0.15, 0.2) is 0 Å². The highest BCUT2D eigenvalue weighted by atomic mass is 16.5. The molecular formula is C10H21NO2. The number of hydrogen-bond donors (Lipinski definition) is 1. The summed E-state index contributed by atoms with van der Waals surface area (Å²) in [6, 6.07) is 0.0912. The van der Waals surface area contributed by atoms with Crippen molar-refractivity contribution in [3.05, 3.63) is 0 Å². The van der Waals surface area contributed by atoms with Gasteiger partial charge in [0.25, 0.3) is 0 Å². The molecule has 0 radical (unpaired) electrons. The molecule has 0 spiro atoms. The van der Waals surface area contributed by atoms with Gasteiger partial charge in [-0.3, -0.25) is 4.79 Å². The lowest BCUT2D eigenvalue weighted by atomic mass is 10.2. The van der Waals surface area contributed by atoms with Crippen molar-refractivity contribution in [2.45, 2.75) is 59.2 Å². The second-order valence-electron chi connectivity index (χ2n) is 3.70. The van der Waals surface area contributed by atoms with E-state index in [2.05, 4.69) is 5.32 Å². The summed E-state index contributed by atoms with van der Waals surface area (Å²) in [5.41, 5.74) is 0. The summed E-state index contributed by atoms with van der Waals surface area (Å²) in [6.45, 7) is 9.74. The van der Waals surface area contributed by atoms with Gasteiger partial charge in [-0.2, -0.15) is 0 Å². The summed E-state index contributed by atoms with van der Waals surface area (Å²) in [5.74, 6) is -0.164. The van der Waals surface area contributed by atoms with Crippen LogP contribution in [-0.4, -0.2) is 24.2 Å². The average Bonchev–Trinajstić information content (AvgIpc) is 2.02. The van der Waals surface area contributed by atoms with Crippen LogP contribution in [0.4, 0.5) is 0 Å². The van der Waals surface area contributed by atoms with Crippen molar-refractivity contribution in [3.63, 3.8) is 0 Å². The standard InChI is InChI=1S/C10H21NO2/c1-6-8(4)13-10(12)9(5)11-7(2)3/h7-9,11H,6H2,1-5H3/t8-,9-/m0/s1. The highest BCUT2D eigenvalue weighted by Gasteiger charge is 2.16. The quantitative estimate of drug-likeness (QED) is 0.666. The number of ether oxygens (including phenoxy) is 1. The van der Waals surface area contributed by atoms with Crippen LogP contribution in [-0.2, 0) is 9.53 Å². The third kappa shape index (κ3) is 5.64. The monoisotopic (exact) mass is 187 g/mol. The van der Waals surface area contributed by atoms with E-state index in [0.29, 0.717) is 6.04 Å². The Balaban J connectivity index is 3.82. The molecule has 3 nitrogen and oxygen atoms in total. The summed E-state index contributed by atoms with van der Waals surface area (Å²) in [7, 11) is 0. The van der Waals surface area contributed by atoms with Gasteiger partial charge >= 0.3 is 5.97 Å². The molecule has 0 aliphatic rings. The number of esters is 1. The highest BCUT2D eigenvalue weighted by molar-refractivity contribution is 5.75. The fraction of sp³-hybridized carbons (Fsp3) is 0.900. The van der Waals surface area contributed by atoms with Crippen molar-refractivity contribution in [1.82, 2.24) is 5.32 Å². The molecule has 13 heavy (non-hydrogen) atoms. The maximum atomic E-state index is 11.4. The Kier molecular flexibility index (Phi) is 5.71. The van der Waals surface area contributed by atoms with Crippen molar-refractivity contribution in [2.24, 2.45) is 0 Å². The summed E-state index contributed by atoms with van der Waals surface area (Å²) in [5, 5.41) is 3.10. The number of carbonyl (C=O) groups excluding carboxylic acids is 1. The molecule has 2 atom stereocenters. The molecule has 0 unspecified atom stereocenters. The van der Waals surface area contributed by atoms with Gasteiger partial charge in [-0.05, 0) is 20.3 Å². The Labute approximate surface area is 80.8 Å². The van der Waals surface area contributed by atoms with Gasteiger partial charge in [0.1, 0.15) is 6.04 Å². The number of nitrogens with one attached hydrogen (secondary N) is 1. The van der Waals surface area contributed by atoms with Gasteiger partial charge in [-0.15, -0.1) is 0 Å². The Morgan fingerprint density at radius 2 is 1.85 bits per heavy atom. The first kappa shape index (κ1) is 12.4. The lowest BCUT2D eigenvalue weighted by Gasteiger charge is -2.18. The van der Waals surface area contributed by atoms with Crippen molar-refractivity contribution in [3.8, 4) is 0 Å². The van der Waals surface area contributed by atoms with Gasteiger partial charge in [-0.25, -0.2) is 0 Å². The van der Waals surface area contributed by atoms with E-state index >= 15 is 0 Å². The lowest BCUT2D eigenvalue weighted by molar-refractivity contribution is -0.150. The maximum absolute atomic E-state index is 11.4. The van der Waals surface area contributed by atoms with Gasteiger partial charge < -0.3 is 10.1 Å². The van der Waals surface area contributed by atoms with Crippen molar-refractivity contribution >= 4 is 5.97 Å². The minimum absolute atomic E-state index is 0.0175. The van der Waals surface area contributed by atoms with Crippen molar-refractivity contribution in [1.29, 1.82) is 0 Å². The Morgan fingerprint density at radius 3 is 2.23 bits per heavy atom. The maximum Gasteiger partial charge on any atom is 0.323 e. The van der Waals surface area contributed by atoms with Gasteiger partial charge in [0, 0.05) is 6.04 Å². The van der Waals surface area contributed by atoms with Crippen LogP contribution in [0.5, 0.6) is 0 Å². The van der Waals surface area contributed by atoms with Crippen LogP contribution in [0.2, 0.25) is 0 Å². The first-order valence-electron chi connectivity index (χ1n) is 4.93. The molecule has 0 fully saturated rings. The van der Waals surface area contributed by atoms with E-state index in [9.17, 15) is 4.79 Å². The molecule has 0 amide bonds. The molecule has 0 saturated carbocycles. The molecule has 0 saturated heterocycles. The normalized spacial score (nSPS) is 15.5. The van der Waals surface area contributed by atoms with Crippen molar-refractivity contribution in [2.75, 3.05) is 0 Å². The van der Waals surface area contributed by atoms with E-state index in [-0.39, 0.29) is 18.1 Å². The van der Waals surface area contributed by atoms with E-state index in [1.54, 1.807) is 0 Å². The minimum atomic E-state index is -0.214. The molecule has 1 N–H and O–H groups in total. The summed E-state index contributed by atoms with van der Waals surface area (Å²) in [4.78, 5) is 11.4. The Morgan fingerprint density at radius 1 is 1.31 bits per heavy atom. The van der Waals surface area contributed by atoms with Gasteiger partial charge in [-0.1, -0.05) is 20.8 Å². The van der Waals surface area contributed by atoms with E-state index in [4.69, 9.17) is 4.74 Å². The van der Waals surface area contributed by atoms with E-state index in [1.165, 1.54) is 0 Å². The molecule has 0 aromatic carbocycles. The van der Waals surface area contributed by atoms with E-state index in [0.717, 1.165) is 6.42 Å². The van der Waals surface area contributed by atoms with Crippen molar-refractivity contribution < 1.29 is 9.53 Å². The van der Waals surface area contributed by atoms with Crippen LogP contribution in [0.1, 0.15) is 41.0 Å².